The molecule has 0 aliphatic heterocycles. The van der Waals surface area contributed by atoms with Gasteiger partial charge in [0.25, 0.3) is 5.91 Å². The quantitative estimate of drug-likeness (QED) is 0.728. The SMILES string of the molecule is Cc1c(C(C)(C)C(=O)O)c2c(F)c(O)ccc2n1C(=O)c1cccc(F)c1. The van der Waals surface area contributed by atoms with Gasteiger partial charge in [0.2, 0.25) is 0 Å². The zero-order valence-electron chi connectivity index (χ0n) is 14.9. The van der Waals surface area contributed by atoms with Gasteiger partial charge in [-0.25, -0.2) is 8.78 Å². The van der Waals surface area contributed by atoms with E-state index in [1.165, 1.54) is 45.0 Å². The maximum absolute atomic E-state index is 14.7. The molecule has 0 amide bonds. The zero-order valence-corrected chi connectivity index (χ0v) is 14.9. The molecule has 0 aliphatic carbocycles. The van der Waals surface area contributed by atoms with Gasteiger partial charge in [-0.15, -0.1) is 0 Å². The van der Waals surface area contributed by atoms with Gasteiger partial charge in [0, 0.05) is 22.2 Å². The molecule has 140 valence electrons. The number of halogens is 2. The smallest absolute Gasteiger partial charge is 0.313 e. The Balaban J connectivity index is 2.42. The van der Waals surface area contributed by atoms with Crippen molar-refractivity contribution in [2.24, 2.45) is 0 Å². The zero-order chi connectivity index (χ0) is 20.1. The van der Waals surface area contributed by atoms with E-state index in [2.05, 4.69) is 0 Å². The van der Waals surface area contributed by atoms with Crippen LogP contribution in [0.2, 0.25) is 0 Å². The number of fused-ring (bicyclic) bond motifs is 1. The lowest BCUT2D eigenvalue weighted by Crippen LogP contribution is -2.29. The average Bonchev–Trinajstić information content (AvgIpc) is 2.90. The molecule has 0 unspecified atom stereocenters. The minimum atomic E-state index is -1.54. The first-order chi connectivity index (χ1) is 12.6. The first-order valence-electron chi connectivity index (χ1n) is 8.14. The van der Waals surface area contributed by atoms with Gasteiger partial charge < -0.3 is 10.2 Å². The summed E-state index contributed by atoms with van der Waals surface area (Å²) in [5, 5.41) is 19.2. The lowest BCUT2D eigenvalue weighted by atomic mass is 9.82. The summed E-state index contributed by atoms with van der Waals surface area (Å²) in [5.41, 5.74) is -1.13. The fourth-order valence-corrected chi connectivity index (χ4v) is 3.34. The van der Waals surface area contributed by atoms with Crippen molar-refractivity contribution in [3.63, 3.8) is 0 Å². The van der Waals surface area contributed by atoms with E-state index >= 15 is 0 Å². The lowest BCUT2D eigenvalue weighted by molar-refractivity contribution is -0.142. The molecular formula is C20H17F2NO4. The molecule has 3 rings (SSSR count). The van der Waals surface area contributed by atoms with Gasteiger partial charge in [0.05, 0.1) is 10.9 Å². The molecular weight excluding hydrogens is 356 g/mol. The third-order valence-electron chi connectivity index (χ3n) is 4.72. The third kappa shape index (κ3) is 2.75. The minimum absolute atomic E-state index is 0.0307. The molecule has 0 atom stereocenters. The van der Waals surface area contributed by atoms with Crippen LogP contribution in [-0.2, 0) is 10.2 Å². The first kappa shape index (κ1) is 18.6. The highest BCUT2D eigenvalue weighted by atomic mass is 19.1. The number of aliphatic carboxylic acids is 1. The summed E-state index contributed by atoms with van der Waals surface area (Å²) in [4.78, 5) is 24.8. The van der Waals surface area contributed by atoms with E-state index < -0.39 is 34.7 Å². The number of carboxylic acids is 1. The van der Waals surface area contributed by atoms with Crippen LogP contribution in [0, 0.1) is 18.6 Å². The molecule has 5 nitrogen and oxygen atoms in total. The summed E-state index contributed by atoms with van der Waals surface area (Å²) < 4.78 is 29.4. The third-order valence-corrected chi connectivity index (χ3v) is 4.72. The molecule has 0 spiro atoms. The standard InChI is InChI=1S/C20H17F2NO4/c1-10-16(20(2,3)19(26)27)15-13(7-8-14(24)17(15)22)23(10)18(25)11-5-4-6-12(21)9-11/h4-9,24H,1-3H3,(H,26,27). The molecule has 2 aromatic carbocycles. The Bertz CT molecular complexity index is 1100. The number of hydrogen-bond donors (Lipinski definition) is 2. The highest BCUT2D eigenvalue weighted by molar-refractivity contribution is 6.06. The molecule has 7 heteroatoms. The molecule has 0 bridgehead atoms. The van der Waals surface area contributed by atoms with Crippen LogP contribution in [0.3, 0.4) is 0 Å². The van der Waals surface area contributed by atoms with Crippen LogP contribution in [0.5, 0.6) is 5.75 Å². The normalized spacial score (nSPS) is 11.7. The van der Waals surface area contributed by atoms with Crippen molar-refractivity contribution in [1.82, 2.24) is 4.57 Å². The van der Waals surface area contributed by atoms with Crippen LogP contribution >= 0.6 is 0 Å². The first-order valence-corrected chi connectivity index (χ1v) is 8.14. The van der Waals surface area contributed by atoms with Gasteiger partial charge in [0.15, 0.2) is 11.6 Å². The lowest BCUT2D eigenvalue weighted by Gasteiger charge is -2.20. The second-order valence-corrected chi connectivity index (χ2v) is 6.83. The highest BCUT2D eigenvalue weighted by Crippen LogP contribution is 2.39. The molecule has 2 N–H and O–H groups in total. The van der Waals surface area contributed by atoms with Gasteiger partial charge in [-0.05, 0) is 51.1 Å². The van der Waals surface area contributed by atoms with Gasteiger partial charge in [-0.1, -0.05) is 6.07 Å². The van der Waals surface area contributed by atoms with Crippen LogP contribution in [0.4, 0.5) is 8.78 Å². The summed E-state index contributed by atoms with van der Waals surface area (Å²) in [6, 6.07) is 7.44. The Hall–Kier alpha value is -3.22. The number of phenolic OH excluding ortho intramolecular Hbond substituents is 1. The van der Waals surface area contributed by atoms with Crippen molar-refractivity contribution in [2.45, 2.75) is 26.2 Å². The Morgan fingerprint density at radius 2 is 1.78 bits per heavy atom. The maximum atomic E-state index is 14.7. The fraction of sp³-hybridized carbons (Fsp3) is 0.200. The van der Waals surface area contributed by atoms with E-state index in [4.69, 9.17) is 0 Å². The second kappa shape index (κ2) is 6.19. The van der Waals surface area contributed by atoms with Crippen molar-refractivity contribution in [3.8, 4) is 5.75 Å². The van der Waals surface area contributed by atoms with E-state index in [0.717, 1.165) is 16.7 Å². The molecule has 0 aliphatic rings. The van der Waals surface area contributed by atoms with Crippen LogP contribution in [-0.4, -0.2) is 26.7 Å². The molecule has 1 heterocycles. The Morgan fingerprint density at radius 3 is 2.37 bits per heavy atom. The van der Waals surface area contributed by atoms with Crippen molar-refractivity contribution in [2.75, 3.05) is 0 Å². The number of rotatable bonds is 3. The molecule has 0 radical (unpaired) electrons. The predicted molar refractivity (Wildman–Crippen MR) is 95.1 cm³/mol. The van der Waals surface area contributed by atoms with E-state index in [-0.39, 0.29) is 27.7 Å². The maximum Gasteiger partial charge on any atom is 0.313 e. The summed E-state index contributed by atoms with van der Waals surface area (Å²) in [7, 11) is 0. The van der Waals surface area contributed by atoms with Gasteiger partial charge in [0.1, 0.15) is 5.82 Å². The number of hydrogen-bond acceptors (Lipinski definition) is 3. The van der Waals surface area contributed by atoms with E-state index in [9.17, 15) is 28.6 Å². The summed E-state index contributed by atoms with van der Waals surface area (Å²) in [6.07, 6.45) is 0. The fourth-order valence-electron chi connectivity index (χ4n) is 3.34. The summed E-state index contributed by atoms with van der Waals surface area (Å²) in [5.74, 6) is -4.11. The number of benzene rings is 2. The number of carbonyl (C=O) groups is 2. The number of aromatic nitrogens is 1. The second-order valence-electron chi connectivity index (χ2n) is 6.83. The molecule has 3 aromatic rings. The topological polar surface area (TPSA) is 79.5 Å². The van der Waals surface area contributed by atoms with E-state index in [1.807, 2.05) is 0 Å². The molecule has 27 heavy (non-hydrogen) atoms. The minimum Gasteiger partial charge on any atom is -0.505 e. The Kier molecular flexibility index (Phi) is 4.26. The van der Waals surface area contributed by atoms with E-state index in [0.29, 0.717) is 0 Å². The predicted octanol–water partition coefficient (Wildman–Crippen LogP) is 3.98. The monoisotopic (exact) mass is 373 g/mol. The van der Waals surface area contributed by atoms with E-state index in [1.54, 1.807) is 0 Å². The molecule has 0 fully saturated rings. The van der Waals surface area contributed by atoms with Crippen LogP contribution in [0.25, 0.3) is 10.9 Å². The number of phenols is 1. The Labute approximate surface area is 153 Å². The number of carbonyl (C=O) groups excluding carboxylic acids is 1. The highest BCUT2D eigenvalue weighted by Gasteiger charge is 2.37. The Morgan fingerprint density at radius 1 is 1.11 bits per heavy atom. The summed E-state index contributed by atoms with van der Waals surface area (Å²) in [6.45, 7) is 4.27. The van der Waals surface area contributed by atoms with Crippen molar-refractivity contribution >= 4 is 22.8 Å². The average molecular weight is 373 g/mol. The largest absolute Gasteiger partial charge is 0.505 e. The van der Waals surface area contributed by atoms with Crippen molar-refractivity contribution in [3.05, 3.63) is 64.9 Å². The number of carboxylic acid groups (broad SMARTS) is 1. The number of aromatic hydroxyl groups is 1. The van der Waals surface area contributed by atoms with Gasteiger partial charge in [-0.2, -0.15) is 0 Å². The molecule has 0 saturated heterocycles. The van der Waals surface area contributed by atoms with Crippen LogP contribution in [0.15, 0.2) is 36.4 Å². The van der Waals surface area contributed by atoms with Crippen molar-refractivity contribution in [1.29, 1.82) is 0 Å². The summed E-state index contributed by atoms with van der Waals surface area (Å²) >= 11 is 0. The van der Waals surface area contributed by atoms with Gasteiger partial charge >= 0.3 is 5.97 Å². The van der Waals surface area contributed by atoms with Gasteiger partial charge in [-0.3, -0.25) is 14.2 Å². The number of nitrogens with zero attached hydrogens (tertiary/aromatic N) is 1. The van der Waals surface area contributed by atoms with Crippen LogP contribution < -0.4 is 0 Å². The molecule has 0 saturated carbocycles. The van der Waals surface area contributed by atoms with Crippen LogP contribution in [0.1, 0.15) is 35.5 Å². The molecule has 1 aromatic heterocycles. The van der Waals surface area contributed by atoms with Crippen molar-refractivity contribution < 1.29 is 28.6 Å².